The molecule has 3 N–H and O–H groups in total. The lowest BCUT2D eigenvalue weighted by molar-refractivity contribution is -0.137. The summed E-state index contributed by atoms with van der Waals surface area (Å²) in [6.07, 6.45) is -1.39. The summed E-state index contributed by atoms with van der Waals surface area (Å²) >= 11 is 0. The van der Waals surface area contributed by atoms with Crippen LogP contribution in [-0.4, -0.2) is 12.5 Å². The molecule has 1 amide bonds. The van der Waals surface area contributed by atoms with Gasteiger partial charge in [0.1, 0.15) is 0 Å². The van der Waals surface area contributed by atoms with Crippen molar-refractivity contribution in [2.45, 2.75) is 31.9 Å². The van der Waals surface area contributed by atoms with E-state index in [1.165, 1.54) is 18.2 Å². The Morgan fingerprint density at radius 3 is 2.38 bits per heavy atom. The number of carbonyl (C=O) groups is 1. The van der Waals surface area contributed by atoms with Crippen LogP contribution >= 0.6 is 0 Å². The normalized spacial score (nSPS) is 22.9. The highest BCUT2D eigenvalue weighted by atomic mass is 19.4. The SMILES string of the molecule is NCC1CCC(C(=O)Nc2ccccc2C(F)(F)F)CC1. The van der Waals surface area contributed by atoms with Crippen molar-refractivity contribution in [3.63, 3.8) is 0 Å². The molecule has 2 rings (SSSR count). The predicted molar refractivity (Wildman–Crippen MR) is 74.6 cm³/mol. The van der Waals surface area contributed by atoms with Gasteiger partial charge in [-0.1, -0.05) is 12.1 Å². The molecule has 1 aromatic rings. The van der Waals surface area contributed by atoms with Gasteiger partial charge in [0.05, 0.1) is 11.3 Å². The van der Waals surface area contributed by atoms with Gasteiger partial charge < -0.3 is 11.1 Å². The lowest BCUT2D eigenvalue weighted by atomic mass is 9.81. The van der Waals surface area contributed by atoms with Crippen molar-refractivity contribution in [2.75, 3.05) is 11.9 Å². The first-order chi connectivity index (χ1) is 9.91. The number of benzene rings is 1. The van der Waals surface area contributed by atoms with E-state index in [1.807, 2.05) is 0 Å². The van der Waals surface area contributed by atoms with Gasteiger partial charge in [0.15, 0.2) is 0 Å². The molecule has 3 nitrogen and oxygen atoms in total. The van der Waals surface area contributed by atoms with Gasteiger partial charge in [0, 0.05) is 5.92 Å². The number of rotatable bonds is 3. The van der Waals surface area contributed by atoms with E-state index >= 15 is 0 Å². The highest BCUT2D eigenvalue weighted by Gasteiger charge is 2.34. The maximum Gasteiger partial charge on any atom is 0.418 e. The second-order valence-corrected chi connectivity index (χ2v) is 5.49. The largest absolute Gasteiger partial charge is 0.418 e. The summed E-state index contributed by atoms with van der Waals surface area (Å²) in [7, 11) is 0. The molecule has 1 fully saturated rings. The predicted octanol–water partition coefficient (Wildman–Crippen LogP) is 3.41. The van der Waals surface area contributed by atoms with Gasteiger partial charge in [0.25, 0.3) is 0 Å². The Morgan fingerprint density at radius 2 is 1.81 bits per heavy atom. The molecule has 0 bridgehead atoms. The van der Waals surface area contributed by atoms with E-state index in [-0.39, 0.29) is 17.5 Å². The van der Waals surface area contributed by atoms with E-state index < -0.39 is 11.7 Å². The summed E-state index contributed by atoms with van der Waals surface area (Å²) in [5, 5.41) is 2.43. The number of carbonyl (C=O) groups excluding carboxylic acids is 1. The Balaban J connectivity index is 2.04. The fourth-order valence-electron chi connectivity index (χ4n) is 2.73. The molecule has 1 saturated carbocycles. The van der Waals surface area contributed by atoms with Gasteiger partial charge in [-0.05, 0) is 50.3 Å². The summed E-state index contributed by atoms with van der Waals surface area (Å²) in [6.45, 7) is 0.602. The summed E-state index contributed by atoms with van der Waals surface area (Å²) in [5.41, 5.74) is 4.61. The highest BCUT2D eigenvalue weighted by Crippen LogP contribution is 2.35. The third kappa shape index (κ3) is 3.97. The zero-order valence-corrected chi connectivity index (χ0v) is 11.6. The van der Waals surface area contributed by atoms with Gasteiger partial charge in [-0.3, -0.25) is 4.79 Å². The first kappa shape index (κ1) is 15.8. The third-order valence-electron chi connectivity index (χ3n) is 4.04. The highest BCUT2D eigenvalue weighted by molar-refractivity contribution is 5.93. The van der Waals surface area contributed by atoms with Crippen LogP contribution in [0, 0.1) is 11.8 Å². The quantitative estimate of drug-likeness (QED) is 0.899. The van der Waals surface area contributed by atoms with Crippen LogP contribution in [0.2, 0.25) is 0 Å². The topological polar surface area (TPSA) is 55.1 Å². The minimum Gasteiger partial charge on any atom is -0.330 e. The Morgan fingerprint density at radius 1 is 1.19 bits per heavy atom. The lowest BCUT2D eigenvalue weighted by Crippen LogP contribution is -2.30. The third-order valence-corrected chi connectivity index (χ3v) is 4.04. The van der Waals surface area contributed by atoms with Crippen molar-refractivity contribution in [1.29, 1.82) is 0 Å². The average molecular weight is 300 g/mol. The van der Waals surface area contributed by atoms with Crippen molar-refractivity contribution < 1.29 is 18.0 Å². The van der Waals surface area contributed by atoms with Crippen molar-refractivity contribution in [1.82, 2.24) is 0 Å². The number of nitrogens with one attached hydrogen (secondary N) is 1. The van der Waals surface area contributed by atoms with Crippen molar-refractivity contribution in [3.8, 4) is 0 Å². The molecule has 1 aromatic carbocycles. The Kier molecular flexibility index (Phi) is 4.88. The van der Waals surface area contributed by atoms with Crippen LogP contribution in [0.1, 0.15) is 31.2 Å². The molecular formula is C15H19F3N2O. The molecule has 1 aliphatic carbocycles. The molecular weight excluding hydrogens is 281 g/mol. The maximum atomic E-state index is 12.9. The summed E-state index contributed by atoms with van der Waals surface area (Å²) in [4.78, 5) is 12.1. The molecule has 0 spiro atoms. The molecule has 0 radical (unpaired) electrons. The number of nitrogens with two attached hydrogens (primary N) is 1. The number of amides is 1. The van der Waals surface area contributed by atoms with Crippen LogP contribution in [0.15, 0.2) is 24.3 Å². The number of para-hydroxylation sites is 1. The first-order valence-corrected chi connectivity index (χ1v) is 7.09. The maximum absolute atomic E-state index is 12.9. The molecule has 0 heterocycles. The van der Waals surface area contributed by atoms with Gasteiger partial charge in [-0.15, -0.1) is 0 Å². The van der Waals surface area contributed by atoms with Crippen LogP contribution in [0.4, 0.5) is 18.9 Å². The molecule has 21 heavy (non-hydrogen) atoms. The fourth-order valence-corrected chi connectivity index (χ4v) is 2.73. The Hall–Kier alpha value is -1.56. The Labute approximate surface area is 121 Å². The lowest BCUT2D eigenvalue weighted by Gasteiger charge is -2.27. The van der Waals surface area contributed by atoms with Gasteiger partial charge in [-0.2, -0.15) is 13.2 Å². The standard InChI is InChI=1S/C15H19F3N2O/c16-15(17,18)12-3-1-2-4-13(12)20-14(21)11-7-5-10(9-19)6-8-11/h1-4,10-11H,5-9,19H2,(H,20,21). The van der Waals surface area contributed by atoms with E-state index in [2.05, 4.69) is 5.32 Å². The summed E-state index contributed by atoms with van der Waals surface area (Å²) in [6, 6.07) is 5.05. The van der Waals surface area contributed by atoms with Crippen molar-refractivity contribution in [3.05, 3.63) is 29.8 Å². The van der Waals surface area contributed by atoms with Crippen LogP contribution in [-0.2, 0) is 11.0 Å². The smallest absolute Gasteiger partial charge is 0.330 e. The molecule has 0 atom stereocenters. The molecule has 1 aliphatic rings. The molecule has 116 valence electrons. The number of anilines is 1. The second kappa shape index (κ2) is 6.47. The molecule has 6 heteroatoms. The zero-order chi connectivity index (χ0) is 15.5. The van der Waals surface area contributed by atoms with Gasteiger partial charge in [0.2, 0.25) is 5.91 Å². The molecule has 0 aliphatic heterocycles. The van der Waals surface area contributed by atoms with Gasteiger partial charge in [-0.25, -0.2) is 0 Å². The van der Waals surface area contributed by atoms with Gasteiger partial charge >= 0.3 is 6.18 Å². The van der Waals surface area contributed by atoms with E-state index in [1.54, 1.807) is 0 Å². The van der Waals surface area contributed by atoms with Crippen molar-refractivity contribution in [2.24, 2.45) is 17.6 Å². The summed E-state index contributed by atoms with van der Waals surface area (Å²) < 4.78 is 38.6. The molecule has 0 aromatic heterocycles. The number of hydrogen-bond donors (Lipinski definition) is 2. The van der Waals surface area contributed by atoms with Crippen LogP contribution in [0.5, 0.6) is 0 Å². The van der Waals surface area contributed by atoms with Crippen LogP contribution in [0.25, 0.3) is 0 Å². The Bertz CT molecular complexity index is 494. The van der Waals surface area contributed by atoms with Crippen molar-refractivity contribution >= 4 is 11.6 Å². The zero-order valence-electron chi connectivity index (χ0n) is 11.6. The van der Waals surface area contributed by atoms with E-state index in [9.17, 15) is 18.0 Å². The number of halogens is 3. The van der Waals surface area contributed by atoms with E-state index in [0.717, 1.165) is 18.9 Å². The first-order valence-electron chi connectivity index (χ1n) is 7.09. The fraction of sp³-hybridized carbons (Fsp3) is 0.533. The van der Waals surface area contributed by atoms with Crippen LogP contribution < -0.4 is 11.1 Å². The monoisotopic (exact) mass is 300 g/mol. The second-order valence-electron chi connectivity index (χ2n) is 5.49. The van der Waals surface area contributed by atoms with E-state index in [0.29, 0.717) is 25.3 Å². The average Bonchev–Trinajstić information content (AvgIpc) is 2.47. The molecule has 0 unspecified atom stereocenters. The van der Waals surface area contributed by atoms with E-state index in [4.69, 9.17) is 5.73 Å². The minimum atomic E-state index is -4.47. The summed E-state index contributed by atoms with van der Waals surface area (Å²) in [5.74, 6) is -0.132. The number of hydrogen-bond acceptors (Lipinski definition) is 2. The minimum absolute atomic E-state index is 0.170. The number of alkyl halides is 3. The molecule has 0 saturated heterocycles. The van der Waals surface area contributed by atoms with Crippen LogP contribution in [0.3, 0.4) is 0 Å².